The van der Waals surface area contributed by atoms with E-state index >= 15 is 0 Å². The summed E-state index contributed by atoms with van der Waals surface area (Å²) in [7, 11) is 0. The quantitative estimate of drug-likeness (QED) is 0.827. The lowest BCUT2D eigenvalue weighted by atomic mass is 9.92. The number of fused-ring (bicyclic) bond motifs is 1. The van der Waals surface area contributed by atoms with Gasteiger partial charge in [-0.05, 0) is 24.3 Å². The largest absolute Gasteiger partial charge is 0.371 e. The summed E-state index contributed by atoms with van der Waals surface area (Å²) >= 11 is 0. The molecule has 1 N–H and O–H groups in total. The maximum Gasteiger partial charge on any atom is 0.0447 e. The minimum atomic E-state index is 0.546. The van der Waals surface area contributed by atoms with Gasteiger partial charge in [0.25, 0.3) is 0 Å². The first-order chi connectivity index (χ1) is 9.32. The molecule has 0 aromatic rings. The van der Waals surface area contributed by atoms with Gasteiger partial charge in [-0.1, -0.05) is 19.1 Å². The smallest absolute Gasteiger partial charge is 0.0447 e. The Labute approximate surface area is 116 Å². The van der Waals surface area contributed by atoms with Gasteiger partial charge in [0, 0.05) is 56.9 Å². The Kier molecular flexibility index (Phi) is 2.75. The van der Waals surface area contributed by atoms with Crippen molar-refractivity contribution < 1.29 is 0 Å². The van der Waals surface area contributed by atoms with Gasteiger partial charge in [0.2, 0.25) is 0 Å². The number of nitrogens with one attached hydrogen (secondary N) is 1. The van der Waals surface area contributed by atoms with E-state index in [0.717, 1.165) is 12.0 Å². The van der Waals surface area contributed by atoms with E-state index in [1.807, 2.05) is 0 Å². The summed E-state index contributed by atoms with van der Waals surface area (Å²) in [6, 6.07) is 0.809. The van der Waals surface area contributed by atoms with E-state index < -0.39 is 0 Å². The first kappa shape index (κ1) is 12.0. The van der Waals surface area contributed by atoms with Crippen LogP contribution in [-0.4, -0.2) is 55.1 Å². The third kappa shape index (κ3) is 1.86. The molecule has 104 valence electrons. The molecule has 0 radical (unpaired) electrons. The Morgan fingerprint density at radius 1 is 1.32 bits per heavy atom. The number of hydrogen-bond donors (Lipinski definition) is 1. The van der Waals surface area contributed by atoms with Crippen molar-refractivity contribution in [2.24, 2.45) is 11.3 Å². The van der Waals surface area contributed by atoms with Crippen LogP contribution in [0.2, 0.25) is 0 Å². The molecule has 2 heterocycles. The summed E-state index contributed by atoms with van der Waals surface area (Å²) in [5.41, 5.74) is 2.18. The van der Waals surface area contributed by atoms with Gasteiger partial charge in [-0.15, -0.1) is 0 Å². The van der Waals surface area contributed by atoms with Gasteiger partial charge >= 0.3 is 0 Å². The predicted octanol–water partition coefficient (Wildman–Crippen LogP) is 1.45. The average molecular weight is 259 g/mol. The van der Waals surface area contributed by atoms with Gasteiger partial charge < -0.3 is 10.2 Å². The molecule has 0 bridgehead atoms. The molecule has 0 amide bonds. The van der Waals surface area contributed by atoms with Crippen LogP contribution in [0.15, 0.2) is 23.9 Å². The van der Waals surface area contributed by atoms with Gasteiger partial charge in [0.15, 0.2) is 0 Å². The van der Waals surface area contributed by atoms with Crippen molar-refractivity contribution in [3.8, 4) is 0 Å². The molecule has 1 saturated carbocycles. The zero-order valence-electron chi connectivity index (χ0n) is 11.9. The molecule has 4 rings (SSSR count). The molecule has 0 aromatic heterocycles. The first-order valence-corrected chi connectivity index (χ1v) is 7.91. The molecule has 2 saturated heterocycles. The molecule has 3 heteroatoms. The van der Waals surface area contributed by atoms with E-state index in [4.69, 9.17) is 0 Å². The van der Waals surface area contributed by atoms with Crippen LogP contribution in [0.25, 0.3) is 0 Å². The van der Waals surface area contributed by atoms with Crippen LogP contribution in [0.3, 0.4) is 0 Å². The number of nitrogens with zero attached hydrogens (tertiary/aromatic N) is 2. The average Bonchev–Trinajstić information content (AvgIpc) is 3.14. The number of hydrogen-bond acceptors (Lipinski definition) is 3. The minimum absolute atomic E-state index is 0.546. The van der Waals surface area contributed by atoms with Crippen LogP contribution in [0.1, 0.15) is 19.8 Å². The van der Waals surface area contributed by atoms with E-state index in [0.29, 0.717) is 5.41 Å². The summed E-state index contributed by atoms with van der Waals surface area (Å²) in [4.78, 5) is 5.31. The first-order valence-electron chi connectivity index (χ1n) is 7.91. The maximum absolute atomic E-state index is 3.44. The fraction of sp³-hybridized carbons (Fsp3) is 0.750. The Bertz CT molecular complexity index is 416. The molecule has 2 atom stereocenters. The van der Waals surface area contributed by atoms with Crippen molar-refractivity contribution in [3.05, 3.63) is 23.9 Å². The fourth-order valence-corrected chi connectivity index (χ4v) is 4.14. The number of likely N-dealkylation sites (tertiary alicyclic amines) is 1. The predicted molar refractivity (Wildman–Crippen MR) is 77.9 cm³/mol. The Morgan fingerprint density at radius 3 is 2.84 bits per heavy atom. The molecule has 2 unspecified atom stereocenters. The van der Waals surface area contributed by atoms with E-state index in [9.17, 15) is 0 Å². The summed E-state index contributed by atoms with van der Waals surface area (Å²) in [5, 5.41) is 3.44. The second-order valence-electron chi connectivity index (χ2n) is 6.64. The molecule has 0 spiro atoms. The molecular weight excluding hydrogens is 234 g/mol. The molecular formula is C16H25N3. The number of allylic oxidation sites excluding steroid dienone is 4. The van der Waals surface area contributed by atoms with Crippen LogP contribution >= 0.6 is 0 Å². The van der Waals surface area contributed by atoms with Gasteiger partial charge in [0.1, 0.15) is 0 Å². The van der Waals surface area contributed by atoms with Crippen LogP contribution in [0.5, 0.6) is 0 Å². The molecule has 4 aliphatic rings. The zero-order valence-corrected chi connectivity index (χ0v) is 11.9. The topological polar surface area (TPSA) is 18.5 Å². The minimum Gasteiger partial charge on any atom is -0.371 e. The highest BCUT2D eigenvalue weighted by atomic mass is 15.3. The Hall–Kier alpha value is -0.800. The van der Waals surface area contributed by atoms with Crippen molar-refractivity contribution in [2.75, 3.05) is 39.3 Å². The van der Waals surface area contributed by atoms with Gasteiger partial charge in [-0.2, -0.15) is 0 Å². The van der Waals surface area contributed by atoms with Crippen molar-refractivity contribution in [2.45, 2.75) is 25.8 Å². The second kappa shape index (κ2) is 4.35. The van der Waals surface area contributed by atoms with Gasteiger partial charge in [0.05, 0.1) is 0 Å². The van der Waals surface area contributed by atoms with Crippen LogP contribution in [-0.2, 0) is 0 Å². The molecule has 3 fully saturated rings. The van der Waals surface area contributed by atoms with Gasteiger partial charge in [-0.25, -0.2) is 0 Å². The molecule has 3 nitrogen and oxygen atoms in total. The zero-order chi connectivity index (χ0) is 12.9. The molecule has 0 aromatic carbocycles. The Morgan fingerprint density at radius 2 is 2.11 bits per heavy atom. The van der Waals surface area contributed by atoms with Crippen molar-refractivity contribution in [1.29, 1.82) is 0 Å². The highest BCUT2D eigenvalue weighted by Crippen LogP contribution is 2.62. The molecule has 19 heavy (non-hydrogen) atoms. The summed E-state index contributed by atoms with van der Waals surface area (Å²) in [6.45, 7) is 9.67. The van der Waals surface area contributed by atoms with E-state index in [-0.39, 0.29) is 0 Å². The van der Waals surface area contributed by atoms with E-state index in [1.165, 1.54) is 52.1 Å². The van der Waals surface area contributed by atoms with Crippen LogP contribution in [0.4, 0.5) is 0 Å². The third-order valence-electron chi connectivity index (χ3n) is 5.72. The summed E-state index contributed by atoms with van der Waals surface area (Å²) in [6.07, 6.45) is 9.83. The highest BCUT2D eigenvalue weighted by molar-refractivity contribution is 5.36. The summed E-state index contributed by atoms with van der Waals surface area (Å²) in [5.74, 6) is 0.839. The number of rotatable bonds is 3. The normalized spacial score (nSPS) is 38.7. The maximum atomic E-state index is 3.44. The standard InChI is InChI=1S/C16H25N3/c1-2-16-5-3-4-15(14(16)10-16)19-11-13(12-19)18-8-6-17-7-9-18/h3-5,13-14,17H,2,6-12H2,1H3. The fourth-order valence-electron chi connectivity index (χ4n) is 4.14. The number of piperazine rings is 1. The monoisotopic (exact) mass is 259 g/mol. The SMILES string of the molecule is CCC12C=CC=C(N3CC(N4CCNCC4)C3)C1C2. The lowest BCUT2D eigenvalue weighted by molar-refractivity contribution is 0.0447. The molecule has 2 aliphatic heterocycles. The van der Waals surface area contributed by atoms with Gasteiger partial charge in [-0.3, -0.25) is 4.90 Å². The lowest BCUT2D eigenvalue weighted by Gasteiger charge is -2.49. The van der Waals surface area contributed by atoms with E-state index in [1.54, 1.807) is 5.70 Å². The van der Waals surface area contributed by atoms with Crippen LogP contribution < -0.4 is 5.32 Å². The highest BCUT2D eigenvalue weighted by Gasteiger charge is 2.55. The molecule has 2 aliphatic carbocycles. The third-order valence-corrected chi connectivity index (χ3v) is 5.72. The second-order valence-corrected chi connectivity index (χ2v) is 6.64. The van der Waals surface area contributed by atoms with Crippen LogP contribution in [0, 0.1) is 11.3 Å². The lowest BCUT2D eigenvalue weighted by Crippen LogP contribution is -2.62. The van der Waals surface area contributed by atoms with E-state index in [2.05, 4.69) is 40.3 Å². The Balaban J connectivity index is 1.36. The van der Waals surface area contributed by atoms with Crippen molar-refractivity contribution >= 4 is 0 Å². The van der Waals surface area contributed by atoms with Crippen molar-refractivity contribution in [3.63, 3.8) is 0 Å². The summed E-state index contributed by atoms with van der Waals surface area (Å²) < 4.78 is 0. The van der Waals surface area contributed by atoms with Crippen molar-refractivity contribution in [1.82, 2.24) is 15.1 Å².